The maximum Gasteiger partial charge on any atom is 0.248 e. The molecule has 1 atom stereocenters. The molecule has 0 bridgehead atoms. The number of nitrogens with zero attached hydrogens (tertiary/aromatic N) is 2. The largest absolute Gasteiger partial charge is 0.494 e. The Kier molecular flexibility index (Phi) is 12.7. The Morgan fingerprint density at radius 3 is 2.43 bits per heavy atom. The third-order valence-corrected chi connectivity index (χ3v) is 8.20. The molecular weight excluding hydrogens is 577 g/mol. The van der Waals surface area contributed by atoms with E-state index in [4.69, 9.17) is 9.47 Å². The van der Waals surface area contributed by atoms with E-state index in [1.54, 1.807) is 42.9 Å². The summed E-state index contributed by atoms with van der Waals surface area (Å²) in [7, 11) is -1.24. The zero-order valence-electron chi connectivity index (χ0n) is 25.3. The van der Waals surface area contributed by atoms with E-state index in [0.29, 0.717) is 34.3 Å². The predicted molar refractivity (Wildman–Crippen MR) is 175 cm³/mol. The molecule has 0 unspecified atom stereocenters. The number of ether oxygens (including phenoxy) is 2. The Balaban J connectivity index is 1.42. The quantitative estimate of drug-likeness (QED) is 0.0964. The molecule has 0 aliphatic heterocycles. The molecule has 0 saturated heterocycles. The van der Waals surface area contributed by atoms with Crippen molar-refractivity contribution in [1.82, 2.24) is 9.55 Å². The van der Waals surface area contributed by atoms with Gasteiger partial charge in [-0.3, -0.25) is 13.4 Å². The molecule has 44 heavy (non-hydrogen) atoms. The van der Waals surface area contributed by atoms with E-state index in [1.807, 2.05) is 47.0 Å². The Bertz CT molecular complexity index is 1530. The first-order valence-electron chi connectivity index (χ1n) is 15.0. The predicted octanol–water partition coefficient (Wildman–Crippen LogP) is 7.84. The summed E-state index contributed by atoms with van der Waals surface area (Å²) in [4.78, 5) is 17.7. The van der Waals surface area contributed by atoms with Crippen LogP contribution in [0.3, 0.4) is 0 Å². The molecule has 232 valence electrons. The molecule has 1 aromatic heterocycles. The van der Waals surface area contributed by atoms with Gasteiger partial charge in [-0.15, -0.1) is 0 Å². The van der Waals surface area contributed by atoms with Gasteiger partial charge in [0.25, 0.3) is 0 Å². The van der Waals surface area contributed by atoms with Crippen LogP contribution in [0.25, 0.3) is 17.2 Å². The Labute approximate surface area is 261 Å². The van der Waals surface area contributed by atoms with Crippen molar-refractivity contribution in [1.29, 1.82) is 0 Å². The summed E-state index contributed by atoms with van der Waals surface area (Å²) in [5.41, 5.74) is 4.16. The summed E-state index contributed by atoms with van der Waals surface area (Å²) >= 11 is 0. The van der Waals surface area contributed by atoms with E-state index < -0.39 is 17.5 Å². The number of alkyl halides is 1. The lowest BCUT2D eigenvalue weighted by Gasteiger charge is -2.12. The summed E-state index contributed by atoms with van der Waals surface area (Å²) in [6.45, 7) is 5.51. The van der Waals surface area contributed by atoms with Gasteiger partial charge in [0.05, 0.1) is 48.5 Å². The van der Waals surface area contributed by atoms with E-state index in [-0.39, 0.29) is 18.9 Å². The Hall–Kier alpha value is -4.24. The summed E-state index contributed by atoms with van der Waals surface area (Å²) in [6.07, 6.45) is 9.99. The molecule has 1 amide bonds. The van der Waals surface area contributed by atoms with Gasteiger partial charge in [-0.2, -0.15) is 0 Å². The lowest BCUT2D eigenvalue weighted by Crippen LogP contribution is -2.08. The highest BCUT2D eigenvalue weighted by molar-refractivity contribution is 7.84. The number of unbranched alkanes of at least 4 members (excludes halogenated alkanes) is 1. The normalized spacial score (nSPS) is 11.9. The molecule has 0 saturated carbocycles. The molecule has 4 rings (SSSR count). The first-order valence-corrected chi connectivity index (χ1v) is 16.3. The van der Waals surface area contributed by atoms with E-state index in [0.717, 1.165) is 48.4 Å². The minimum absolute atomic E-state index is 0.237. The van der Waals surface area contributed by atoms with Crippen LogP contribution < -0.4 is 14.8 Å². The third-order valence-electron chi connectivity index (χ3n) is 6.84. The van der Waals surface area contributed by atoms with Crippen LogP contribution in [0.5, 0.6) is 11.5 Å². The van der Waals surface area contributed by atoms with Gasteiger partial charge in [0.15, 0.2) is 0 Å². The van der Waals surface area contributed by atoms with Gasteiger partial charge in [-0.1, -0.05) is 38.5 Å². The number of anilines is 1. The number of benzene rings is 3. The molecule has 1 N–H and O–H groups in total. The molecule has 1 heterocycles. The van der Waals surface area contributed by atoms with Crippen molar-refractivity contribution >= 4 is 28.5 Å². The van der Waals surface area contributed by atoms with E-state index in [2.05, 4.69) is 24.1 Å². The zero-order chi connectivity index (χ0) is 31.1. The van der Waals surface area contributed by atoms with Gasteiger partial charge in [-0.05, 0) is 78.6 Å². The molecule has 0 radical (unpaired) electrons. The number of aromatic nitrogens is 2. The van der Waals surface area contributed by atoms with Crippen molar-refractivity contribution < 1.29 is 22.9 Å². The number of amides is 1. The second kappa shape index (κ2) is 17.2. The average Bonchev–Trinajstić information content (AvgIpc) is 3.47. The minimum Gasteiger partial charge on any atom is -0.494 e. The minimum atomic E-state index is -1.24. The first-order chi connectivity index (χ1) is 21.5. The monoisotopic (exact) mass is 617 g/mol. The standard InChI is InChI=1S/C35H40FN3O4S/c1-3-5-21-42-32-13-7-27(8-14-32)28-9-17-34(43-22-6-19-36)29(23-28)10-18-35(40)38-30-11-15-33(16-12-30)44(41)25-31-24-37-26-39(31)20-4-2/h7-18,23-24,26H,3-6,19-22,25H2,1-2H3,(H,38,40)/b18-10+/t44-/m1/s1. The average molecular weight is 618 g/mol. The zero-order valence-corrected chi connectivity index (χ0v) is 26.2. The topological polar surface area (TPSA) is 82.4 Å². The summed E-state index contributed by atoms with van der Waals surface area (Å²) < 4.78 is 39.2. The van der Waals surface area contributed by atoms with Gasteiger partial charge in [0.1, 0.15) is 11.5 Å². The number of aryl methyl sites for hydroxylation is 1. The van der Waals surface area contributed by atoms with Gasteiger partial charge < -0.3 is 19.4 Å². The van der Waals surface area contributed by atoms with E-state index in [1.165, 1.54) is 6.08 Å². The number of nitrogens with one attached hydrogen (secondary N) is 1. The number of halogens is 1. The van der Waals surface area contributed by atoms with Crippen LogP contribution in [0.2, 0.25) is 0 Å². The fourth-order valence-corrected chi connectivity index (χ4v) is 5.59. The molecule has 3 aromatic carbocycles. The molecule has 0 fully saturated rings. The molecule has 0 aliphatic rings. The number of imidazole rings is 1. The van der Waals surface area contributed by atoms with Gasteiger partial charge in [-0.25, -0.2) is 4.98 Å². The Morgan fingerprint density at radius 1 is 0.955 bits per heavy atom. The summed E-state index contributed by atoms with van der Waals surface area (Å²) in [6, 6.07) is 20.6. The van der Waals surface area contributed by atoms with Crippen molar-refractivity contribution in [3.63, 3.8) is 0 Å². The number of carbonyl (C=O) groups excluding carboxylic acids is 1. The molecule has 0 aliphatic carbocycles. The van der Waals surface area contributed by atoms with Crippen molar-refractivity contribution in [2.75, 3.05) is 25.2 Å². The van der Waals surface area contributed by atoms with Crippen LogP contribution in [-0.2, 0) is 27.9 Å². The van der Waals surface area contributed by atoms with Crippen LogP contribution in [-0.4, -0.2) is 39.6 Å². The van der Waals surface area contributed by atoms with Crippen LogP contribution in [0.1, 0.15) is 50.8 Å². The number of hydrogen-bond donors (Lipinski definition) is 1. The smallest absolute Gasteiger partial charge is 0.248 e. The van der Waals surface area contributed by atoms with E-state index in [9.17, 15) is 13.4 Å². The summed E-state index contributed by atoms with van der Waals surface area (Å²) in [5, 5.41) is 2.85. The molecular formula is C35H40FN3O4S. The molecule has 9 heteroatoms. The number of carbonyl (C=O) groups is 1. The maximum atomic E-state index is 12.9. The number of rotatable bonds is 17. The lowest BCUT2D eigenvalue weighted by atomic mass is 10.0. The van der Waals surface area contributed by atoms with Crippen LogP contribution in [0, 0.1) is 0 Å². The van der Waals surface area contributed by atoms with Crippen molar-refractivity contribution in [2.45, 2.75) is 56.7 Å². The van der Waals surface area contributed by atoms with E-state index >= 15 is 0 Å². The molecule has 7 nitrogen and oxygen atoms in total. The van der Waals surface area contributed by atoms with Crippen molar-refractivity contribution in [2.24, 2.45) is 0 Å². The van der Waals surface area contributed by atoms with Gasteiger partial charge >= 0.3 is 0 Å². The van der Waals surface area contributed by atoms with Crippen LogP contribution >= 0.6 is 0 Å². The van der Waals surface area contributed by atoms with Gasteiger partial charge in [0.2, 0.25) is 5.91 Å². The first kappa shape index (κ1) is 32.7. The van der Waals surface area contributed by atoms with Crippen molar-refractivity contribution in [3.8, 4) is 22.6 Å². The van der Waals surface area contributed by atoms with Gasteiger partial charge in [0, 0.05) is 41.4 Å². The molecule has 4 aromatic rings. The lowest BCUT2D eigenvalue weighted by molar-refractivity contribution is -0.111. The van der Waals surface area contributed by atoms with Crippen LogP contribution in [0.15, 0.2) is 90.2 Å². The van der Waals surface area contributed by atoms with Crippen molar-refractivity contribution in [3.05, 3.63) is 96.6 Å². The highest BCUT2D eigenvalue weighted by atomic mass is 32.2. The fourth-order valence-electron chi connectivity index (χ4n) is 4.47. The second-order valence-electron chi connectivity index (χ2n) is 10.3. The summed E-state index contributed by atoms with van der Waals surface area (Å²) in [5.74, 6) is 1.44. The second-order valence-corrected chi connectivity index (χ2v) is 11.7. The number of hydrogen-bond acceptors (Lipinski definition) is 5. The maximum absolute atomic E-state index is 12.9. The van der Waals surface area contributed by atoms with Crippen LogP contribution in [0.4, 0.5) is 10.1 Å². The molecule has 0 spiro atoms. The Morgan fingerprint density at radius 2 is 1.70 bits per heavy atom. The highest BCUT2D eigenvalue weighted by Crippen LogP contribution is 2.29. The third kappa shape index (κ3) is 9.64. The SMILES string of the molecule is CCCCOc1ccc(-c2ccc(OCCCF)c(/C=C/C(=O)Nc3ccc([S@](=O)Cc4cncn4CCC)cc3)c2)cc1. The fraction of sp³-hybridized carbons (Fsp3) is 0.314. The highest BCUT2D eigenvalue weighted by Gasteiger charge is 2.11.